The van der Waals surface area contributed by atoms with E-state index in [4.69, 9.17) is 23.7 Å². The summed E-state index contributed by atoms with van der Waals surface area (Å²) in [6, 6.07) is 5.40. The Morgan fingerprint density at radius 1 is 0.727 bits per heavy atom. The third-order valence-corrected chi connectivity index (χ3v) is 4.42. The molecule has 1 aromatic carbocycles. The second-order valence-electron chi connectivity index (χ2n) is 6.70. The lowest BCUT2D eigenvalue weighted by Crippen LogP contribution is -2.57. The van der Waals surface area contributed by atoms with Gasteiger partial charge in [-0.05, 0) is 52.3 Å². The van der Waals surface area contributed by atoms with Gasteiger partial charge in [0.2, 0.25) is 5.41 Å². The zero-order valence-electron chi connectivity index (χ0n) is 19.5. The van der Waals surface area contributed by atoms with Gasteiger partial charge in [-0.15, -0.1) is 0 Å². The summed E-state index contributed by atoms with van der Waals surface area (Å²) in [7, 11) is 0. The second kappa shape index (κ2) is 13.2. The van der Waals surface area contributed by atoms with Crippen LogP contribution in [0.1, 0.15) is 40.2 Å². The largest absolute Gasteiger partial charge is 0.486 e. The Bertz CT molecular complexity index is 807. The Morgan fingerprint density at radius 3 is 1.52 bits per heavy atom. The van der Waals surface area contributed by atoms with Crippen LogP contribution >= 0.6 is 0 Å². The minimum absolute atomic E-state index is 0.0688. The van der Waals surface area contributed by atoms with Crippen molar-refractivity contribution in [1.29, 1.82) is 0 Å². The molecule has 1 rings (SSSR count). The molecule has 182 valence electrons. The number of ketones is 1. The molecule has 0 radical (unpaired) electrons. The topological polar surface area (TPSA) is 132 Å². The molecule has 0 spiro atoms. The lowest BCUT2D eigenvalue weighted by molar-refractivity contribution is -0.182. The lowest BCUT2D eigenvalue weighted by Gasteiger charge is -2.34. The fourth-order valence-corrected chi connectivity index (χ4v) is 3.11. The third-order valence-electron chi connectivity index (χ3n) is 4.42. The molecule has 0 aliphatic heterocycles. The third kappa shape index (κ3) is 6.53. The molecule has 0 amide bonds. The highest BCUT2D eigenvalue weighted by Crippen LogP contribution is 2.38. The van der Waals surface area contributed by atoms with Gasteiger partial charge in [0.1, 0.15) is 12.4 Å². The van der Waals surface area contributed by atoms with E-state index < -0.39 is 35.2 Å². The maximum atomic E-state index is 13.3. The first-order chi connectivity index (χ1) is 15.7. The van der Waals surface area contributed by atoms with E-state index in [1.54, 1.807) is 0 Å². The first-order valence-corrected chi connectivity index (χ1v) is 10.6. The fourth-order valence-electron chi connectivity index (χ4n) is 3.11. The molecule has 0 aromatic heterocycles. The summed E-state index contributed by atoms with van der Waals surface area (Å²) in [4.78, 5) is 63.7. The minimum Gasteiger partial charge on any atom is -0.486 e. The van der Waals surface area contributed by atoms with Crippen molar-refractivity contribution in [2.45, 2.75) is 40.0 Å². The lowest BCUT2D eigenvalue weighted by atomic mass is 9.69. The van der Waals surface area contributed by atoms with Crippen LogP contribution in [0.4, 0.5) is 0 Å². The summed E-state index contributed by atoms with van der Waals surface area (Å²) in [5, 5.41) is 0. The van der Waals surface area contributed by atoms with Crippen molar-refractivity contribution in [3.63, 3.8) is 0 Å². The van der Waals surface area contributed by atoms with Crippen LogP contribution in [0.3, 0.4) is 0 Å². The van der Waals surface area contributed by atoms with E-state index in [1.807, 2.05) is 0 Å². The van der Waals surface area contributed by atoms with E-state index >= 15 is 0 Å². The van der Waals surface area contributed by atoms with Gasteiger partial charge >= 0.3 is 23.9 Å². The number of Topliss-reactive ketones (excluding diaryl/α,β-unsaturated/α-hetero) is 1. The number of carbonyl (C=O) groups excluding carboxylic acids is 5. The molecule has 0 saturated carbocycles. The quantitative estimate of drug-likeness (QED) is 0.241. The van der Waals surface area contributed by atoms with Crippen molar-refractivity contribution >= 4 is 29.7 Å². The molecule has 10 nitrogen and oxygen atoms in total. The van der Waals surface area contributed by atoms with Crippen molar-refractivity contribution in [3.05, 3.63) is 29.8 Å². The molecule has 0 aliphatic carbocycles. The molecule has 1 aromatic rings. The summed E-state index contributed by atoms with van der Waals surface area (Å²) in [6.07, 6.45) is 0. The van der Waals surface area contributed by atoms with Gasteiger partial charge in [-0.3, -0.25) is 24.0 Å². The van der Waals surface area contributed by atoms with Crippen LogP contribution in [0, 0.1) is 5.92 Å². The number of benzene rings is 1. The fraction of sp³-hybridized carbons (Fsp3) is 0.522. The Morgan fingerprint density at radius 2 is 1.15 bits per heavy atom. The zero-order valence-corrected chi connectivity index (χ0v) is 19.5. The van der Waals surface area contributed by atoms with E-state index in [9.17, 15) is 24.0 Å². The highest BCUT2D eigenvalue weighted by Gasteiger charge is 2.63. The monoisotopic (exact) mass is 466 g/mol. The molecule has 0 heterocycles. The molecule has 0 saturated heterocycles. The normalized spacial score (nSPS) is 10.8. The smallest absolute Gasteiger partial charge is 0.329 e. The van der Waals surface area contributed by atoms with Gasteiger partial charge in [0, 0.05) is 0 Å². The summed E-state index contributed by atoms with van der Waals surface area (Å²) < 4.78 is 25.7. The van der Waals surface area contributed by atoms with Crippen LogP contribution in [-0.2, 0) is 48.3 Å². The van der Waals surface area contributed by atoms with Gasteiger partial charge in [0.05, 0.1) is 26.4 Å². The Hall–Kier alpha value is -3.43. The average Bonchev–Trinajstić information content (AvgIpc) is 2.76. The molecule has 0 fully saturated rings. The molecule has 0 unspecified atom stereocenters. The molecular formula is C23H30O10. The molecule has 33 heavy (non-hydrogen) atoms. The maximum absolute atomic E-state index is 13.3. The van der Waals surface area contributed by atoms with Crippen molar-refractivity contribution in [3.8, 4) is 5.75 Å². The average molecular weight is 466 g/mol. The van der Waals surface area contributed by atoms with Crippen molar-refractivity contribution in [2.24, 2.45) is 5.92 Å². The number of carbonyl (C=O) groups is 5. The first-order valence-electron chi connectivity index (χ1n) is 10.6. The molecular weight excluding hydrogens is 436 g/mol. The van der Waals surface area contributed by atoms with Crippen LogP contribution in [-0.4, -0.2) is 62.7 Å². The van der Waals surface area contributed by atoms with Crippen LogP contribution in [0.15, 0.2) is 24.3 Å². The zero-order chi connectivity index (χ0) is 25.0. The Balaban J connectivity index is 3.82. The first kappa shape index (κ1) is 27.6. The Labute approximate surface area is 192 Å². The van der Waals surface area contributed by atoms with Crippen LogP contribution in [0.2, 0.25) is 0 Å². The highest BCUT2D eigenvalue weighted by atomic mass is 16.6. The van der Waals surface area contributed by atoms with Gasteiger partial charge in [-0.2, -0.15) is 0 Å². The number of hydrogen-bond acceptors (Lipinski definition) is 10. The van der Waals surface area contributed by atoms with Crippen LogP contribution in [0.5, 0.6) is 5.75 Å². The maximum Gasteiger partial charge on any atom is 0.329 e. The minimum atomic E-state index is -2.54. The van der Waals surface area contributed by atoms with Crippen LogP contribution < -0.4 is 4.74 Å². The molecule has 0 N–H and O–H groups in total. The predicted octanol–water partition coefficient (Wildman–Crippen LogP) is 1.76. The molecule has 0 aliphatic rings. The van der Waals surface area contributed by atoms with Crippen molar-refractivity contribution in [2.75, 3.05) is 33.0 Å². The van der Waals surface area contributed by atoms with Gasteiger partial charge in [-0.1, -0.05) is 12.1 Å². The predicted molar refractivity (Wildman–Crippen MR) is 114 cm³/mol. The summed E-state index contributed by atoms with van der Waals surface area (Å²) in [5.41, 5.74) is -2.61. The number of hydrogen-bond donors (Lipinski definition) is 0. The van der Waals surface area contributed by atoms with Crippen LogP contribution in [0.25, 0.3) is 0 Å². The standard InChI is InChI=1S/C23H30O10/c1-6-29-19(25)18(20(26)30-7-2)23(21(27)31-8-3,22(28)32-9-4)16-10-12-17(13-11-16)33-14-15(5)24/h10-13,18H,6-9,14H2,1-5H3. The number of ether oxygens (including phenoxy) is 5. The van der Waals surface area contributed by atoms with Gasteiger partial charge in [0.25, 0.3) is 0 Å². The summed E-state index contributed by atoms with van der Waals surface area (Å²) in [5.74, 6) is -6.61. The van der Waals surface area contributed by atoms with E-state index in [0.29, 0.717) is 0 Å². The number of esters is 4. The van der Waals surface area contributed by atoms with E-state index in [-0.39, 0.29) is 50.1 Å². The van der Waals surface area contributed by atoms with Crippen molar-refractivity contribution in [1.82, 2.24) is 0 Å². The second-order valence-corrected chi connectivity index (χ2v) is 6.70. The molecule has 0 bridgehead atoms. The number of rotatable bonds is 13. The molecule has 10 heteroatoms. The van der Waals surface area contributed by atoms with E-state index in [2.05, 4.69) is 0 Å². The van der Waals surface area contributed by atoms with Crippen molar-refractivity contribution < 1.29 is 47.7 Å². The SMILES string of the molecule is CCOC(=O)C(C(=O)OCC)C(C(=O)OCC)(C(=O)OCC)c1ccc(OCC(C)=O)cc1. The molecule has 0 atom stereocenters. The Kier molecular flexibility index (Phi) is 11.0. The van der Waals surface area contributed by atoms with E-state index in [0.717, 1.165) is 0 Å². The highest BCUT2D eigenvalue weighted by molar-refractivity contribution is 6.16. The summed E-state index contributed by atoms with van der Waals surface area (Å²) in [6.45, 7) is 6.69. The van der Waals surface area contributed by atoms with Gasteiger partial charge in [-0.25, -0.2) is 0 Å². The van der Waals surface area contributed by atoms with Gasteiger partial charge in [0.15, 0.2) is 11.7 Å². The van der Waals surface area contributed by atoms with Gasteiger partial charge < -0.3 is 23.7 Å². The summed E-state index contributed by atoms with van der Waals surface area (Å²) >= 11 is 0. The van der Waals surface area contributed by atoms with E-state index in [1.165, 1.54) is 58.9 Å².